The normalized spacial score (nSPS) is 10.7. The van der Waals surface area contributed by atoms with Crippen molar-refractivity contribution < 1.29 is 24.2 Å². The molecule has 0 heterocycles. The predicted molar refractivity (Wildman–Crippen MR) is 92.1 cm³/mol. The fourth-order valence-corrected chi connectivity index (χ4v) is 1.87. The number of alkyl carbamates (subject to hydrolysis) is 1. The predicted octanol–water partition coefficient (Wildman–Crippen LogP) is 1.49. The van der Waals surface area contributed by atoms with Crippen LogP contribution >= 0.6 is 0 Å². The van der Waals surface area contributed by atoms with Crippen molar-refractivity contribution in [3.8, 4) is 5.75 Å². The summed E-state index contributed by atoms with van der Waals surface area (Å²) in [6.45, 7) is 5.42. The molecular weight excluding hydrogens is 312 g/mol. The van der Waals surface area contributed by atoms with Gasteiger partial charge in [0.25, 0.3) is 0 Å². The molecule has 24 heavy (non-hydrogen) atoms. The summed E-state index contributed by atoms with van der Waals surface area (Å²) in [4.78, 5) is 22.6. The van der Waals surface area contributed by atoms with Gasteiger partial charge in [0.1, 0.15) is 12.4 Å². The van der Waals surface area contributed by atoms with Crippen molar-refractivity contribution in [3.63, 3.8) is 0 Å². The smallest absolute Gasteiger partial charge is 0.407 e. The molecule has 2 amide bonds. The minimum atomic E-state index is -0.626. The summed E-state index contributed by atoms with van der Waals surface area (Å²) < 4.78 is 10.1. The second kappa shape index (κ2) is 13.2. The quantitative estimate of drug-likeness (QED) is 0.666. The first-order valence-corrected chi connectivity index (χ1v) is 7.96. The van der Waals surface area contributed by atoms with E-state index in [1.165, 1.54) is 6.92 Å². The minimum absolute atomic E-state index is 0.0445. The molecule has 1 rings (SSSR count). The Morgan fingerprint density at radius 2 is 1.83 bits per heavy atom. The molecule has 1 atom stereocenters. The van der Waals surface area contributed by atoms with Crippen LogP contribution in [0.5, 0.6) is 5.75 Å². The van der Waals surface area contributed by atoms with E-state index < -0.39 is 6.09 Å². The van der Waals surface area contributed by atoms with E-state index in [1.807, 2.05) is 38.1 Å². The minimum Gasteiger partial charge on any atom is -0.497 e. The Hall–Kier alpha value is -2.28. The third-order valence-corrected chi connectivity index (χ3v) is 2.85. The number of aliphatic hydroxyl groups is 1. The standard InChI is InChI=1S/C15H22N2O5.C2H6/c1-11(19)17-13(10-22-15(20)16-7-8-18)9-12-3-5-14(21-2)6-4-12;1-2/h3-6,13,18H,7-10H2,1-2H3,(H,16,20)(H,17,19);1-2H3. The fourth-order valence-electron chi connectivity index (χ4n) is 1.87. The van der Waals surface area contributed by atoms with E-state index in [0.717, 1.165) is 11.3 Å². The zero-order valence-corrected chi connectivity index (χ0v) is 14.8. The molecule has 136 valence electrons. The number of hydrogen-bond donors (Lipinski definition) is 3. The molecule has 0 aromatic heterocycles. The zero-order valence-electron chi connectivity index (χ0n) is 14.8. The number of hydrogen-bond acceptors (Lipinski definition) is 5. The number of carbonyl (C=O) groups is 2. The first-order valence-electron chi connectivity index (χ1n) is 7.96. The summed E-state index contributed by atoms with van der Waals surface area (Å²) in [5.74, 6) is 0.553. The zero-order chi connectivity index (χ0) is 18.4. The van der Waals surface area contributed by atoms with Gasteiger partial charge < -0.3 is 25.2 Å². The Balaban J connectivity index is 0.00000254. The Bertz CT molecular complexity index is 476. The second-order valence-electron chi connectivity index (χ2n) is 4.70. The van der Waals surface area contributed by atoms with Crippen molar-refractivity contribution in [2.45, 2.75) is 33.2 Å². The van der Waals surface area contributed by atoms with E-state index >= 15 is 0 Å². The number of nitrogens with one attached hydrogen (secondary N) is 2. The maximum Gasteiger partial charge on any atom is 0.407 e. The van der Waals surface area contributed by atoms with Crippen molar-refractivity contribution in [2.75, 3.05) is 26.9 Å². The van der Waals surface area contributed by atoms with Gasteiger partial charge >= 0.3 is 6.09 Å². The second-order valence-corrected chi connectivity index (χ2v) is 4.70. The Morgan fingerprint density at radius 3 is 2.33 bits per heavy atom. The van der Waals surface area contributed by atoms with E-state index in [0.29, 0.717) is 6.42 Å². The van der Waals surface area contributed by atoms with Crippen molar-refractivity contribution in [2.24, 2.45) is 0 Å². The number of methoxy groups -OCH3 is 1. The third kappa shape index (κ3) is 9.68. The molecular formula is C17H28N2O5. The molecule has 0 saturated heterocycles. The molecule has 0 aliphatic rings. The van der Waals surface area contributed by atoms with Gasteiger partial charge in [-0.05, 0) is 24.1 Å². The maximum absolute atomic E-state index is 11.4. The van der Waals surface area contributed by atoms with Crippen LogP contribution in [0.3, 0.4) is 0 Å². The van der Waals surface area contributed by atoms with Gasteiger partial charge in [-0.1, -0.05) is 26.0 Å². The van der Waals surface area contributed by atoms with Crippen LogP contribution in [0, 0.1) is 0 Å². The van der Waals surface area contributed by atoms with Gasteiger partial charge in [0.15, 0.2) is 0 Å². The molecule has 7 nitrogen and oxygen atoms in total. The van der Waals surface area contributed by atoms with Crippen molar-refractivity contribution in [3.05, 3.63) is 29.8 Å². The molecule has 1 aromatic carbocycles. The van der Waals surface area contributed by atoms with Crippen LogP contribution in [0.4, 0.5) is 4.79 Å². The lowest BCUT2D eigenvalue weighted by Gasteiger charge is -2.18. The molecule has 0 aliphatic heterocycles. The van der Waals surface area contributed by atoms with Gasteiger partial charge in [0, 0.05) is 13.5 Å². The summed E-state index contributed by atoms with van der Waals surface area (Å²) in [6.07, 6.45) is -0.101. The van der Waals surface area contributed by atoms with E-state index in [1.54, 1.807) is 7.11 Å². The Morgan fingerprint density at radius 1 is 1.21 bits per heavy atom. The van der Waals surface area contributed by atoms with E-state index in [2.05, 4.69) is 10.6 Å². The highest BCUT2D eigenvalue weighted by atomic mass is 16.5. The van der Waals surface area contributed by atoms with Crippen molar-refractivity contribution in [1.82, 2.24) is 10.6 Å². The van der Waals surface area contributed by atoms with Crippen LogP contribution < -0.4 is 15.4 Å². The van der Waals surface area contributed by atoms with Crippen molar-refractivity contribution >= 4 is 12.0 Å². The molecule has 0 aliphatic carbocycles. The van der Waals surface area contributed by atoms with Gasteiger partial charge in [0.05, 0.1) is 19.8 Å². The van der Waals surface area contributed by atoms with Gasteiger partial charge in [-0.15, -0.1) is 0 Å². The molecule has 3 N–H and O–H groups in total. The molecule has 0 saturated carbocycles. The van der Waals surface area contributed by atoms with Crippen molar-refractivity contribution in [1.29, 1.82) is 0 Å². The number of ether oxygens (including phenoxy) is 2. The van der Waals surface area contributed by atoms with E-state index in [9.17, 15) is 9.59 Å². The van der Waals surface area contributed by atoms with Crippen LogP contribution in [0.2, 0.25) is 0 Å². The first kappa shape index (κ1) is 21.7. The van der Waals surface area contributed by atoms with E-state index in [-0.39, 0.29) is 31.7 Å². The largest absolute Gasteiger partial charge is 0.497 e. The number of aliphatic hydroxyl groups excluding tert-OH is 1. The number of benzene rings is 1. The molecule has 0 spiro atoms. The topological polar surface area (TPSA) is 96.9 Å². The molecule has 0 radical (unpaired) electrons. The maximum atomic E-state index is 11.4. The monoisotopic (exact) mass is 340 g/mol. The molecule has 0 bridgehead atoms. The van der Waals surface area contributed by atoms with Gasteiger partial charge in [-0.2, -0.15) is 0 Å². The van der Waals surface area contributed by atoms with Gasteiger partial charge in [-0.3, -0.25) is 4.79 Å². The summed E-state index contributed by atoms with van der Waals surface area (Å²) in [7, 11) is 1.59. The molecule has 7 heteroatoms. The first-order chi connectivity index (χ1) is 11.5. The lowest BCUT2D eigenvalue weighted by atomic mass is 10.1. The Labute approximate surface area is 143 Å². The number of rotatable bonds is 8. The van der Waals surface area contributed by atoms with E-state index in [4.69, 9.17) is 14.6 Å². The fraction of sp³-hybridized carbons (Fsp3) is 0.529. The van der Waals surface area contributed by atoms with Gasteiger partial charge in [-0.25, -0.2) is 4.79 Å². The van der Waals surface area contributed by atoms with Gasteiger partial charge in [0.2, 0.25) is 5.91 Å². The highest BCUT2D eigenvalue weighted by Gasteiger charge is 2.14. The summed E-state index contributed by atoms with van der Waals surface area (Å²) >= 11 is 0. The van der Waals surface area contributed by atoms with Crippen LogP contribution in [0.15, 0.2) is 24.3 Å². The number of amides is 2. The average molecular weight is 340 g/mol. The molecule has 0 fully saturated rings. The third-order valence-electron chi connectivity index (χ3n) is 2.85. The lowest BCUT2D eigenvalue weighted by Crippen LogP contribution is -2.40. The van der Waals surface area contributed by atoms with Crippen LogP contribution in [-0.4, -0.2) is 50.0 Å². The number of carbonyl (C=O) groups excluding carboxylic acids is 2. The van der Waals surface area contributed by atoms with Crippen LogP contribution in [0.25, 0.3) is 0 Å². The van der Waals surface area contributed by atoms with Crippen LogP contribution in [0.1, 0.15) is 26.3 Å². The average Bonchev–Trinajstić information content (AvgIpc) is 2.59. The lowest BCUT2D eigenvalue weighted by molar-refractivity contribution is -0.119. The highest BCUT2D eigenvalue weighted by molar-refractivity contribution is 5.73. The molecule has 1 aromatic rings. The SMILES string of the molecule is CC.COc1ccc(CC(COC(=O)NCCO)NC(C)=O)cc1. The van der Waals surface area contributed by atoms with Crippen LogP contribution in [-0.2, 0) is 16.0 Å². The summed E-state index contributed by atoms with van der Waals surface area (Å²) in [6, 6.07) is 7.11. The highest BCUT2D eigenvalue weighted by Crippen LogP contribution is 2.13. The molecule has 1 unspecified atom stereocenters. The summed E-state index contributed by atoms with van der Waals surface area (Å²) in [5.41, 5.74) is 0.985. The summed E-state index contributed by atoms with van der Waals surface area (Å²) in [5, 5.41) is 13.7. The Kier molecular flexibility index (Phi) is 11.9.